The zero-order chi connectivity index (χ0) is 20.7. The first-order valence-corrected chi connectivity index (χ1v) is 11.2. The smallest absolute Gasteiger partial charge is 0.260 e. The van der Waals surface area contributed by atoms with Crippen molar-refractivity contribution >= 4 is 23.5 Å². The number of hydrogen-bond acceptors (Lipinski definition) is 3. The lowest BCUT2D eigenvalue weighted by Gasteiger charge is -2.28. The maximum Gasteiger partial charge on any atom is 0.260 e. The molecule has 0 spiro atoms. The van der Waals surface area contributed by atoms with E-state index in [0.29, 0.717) is 11.6 Å². The molecule has 5 rings (SSSR count). The molecule has 1 aliphatic carbocycles. The molecule has 156 valence electrons. The van der Waals surface area contributed by atoms with E-state index in [1.54, 1.807) is 4.90 Å². The van der Waals surface area contributed by atoms with Crippen LogP contribution in [-0.2, 0) is 10.3 Å². The van der Waals surface area contributed by atoms with E-state index < -0.39 is 5.54 Å². The van der Waals surface area contributed by atoms with Crippen molar-refractivity contribution in [2.75, 3.05) is 26.2 Å². The lowest BCUT2D eigenvalue weighted by atomic mass is 9.83. The van der Waals surface area contributed by atoms with Crippen molar-refractivity contribution in [3.8, 4) is 11.1 Å². The van der Waals surface area contributed by atoms with Gasteiger partial charge in [-0.1, -0.05) is 41.9 Å². The van der Waals surface area contributed by atoms with E-state index in [-0.39, 0.29) is 17.8 Å². The number of nitrogens with zero attached hydrogens (tertiary/aromatic N) is 2. The monoisotopic (exact) mass is 422 g/mol. The highest BCUT2D eigenvalue weighted by molar-refractivity contribution is 6.30. The molecular weight excluding hydrogens is 396 g/mol. The van der Waals surface area contributed by atoms with Crippen LogP contribution < -0.4 is 5.32 Å². The number of nitrogens with one attached hydrogen (secondary N) is 2. The summed E-state index contributed by atoms with van der Waals surface area (Å²) in [5, 5.41) is 12.6. The van der Waals surface area contributed by atoms with Gasteiger partial charge in [0.05, 0.1) is 0 Å². The molecule has 5 nitrogen and oxygen atoms in total. The Bertz CT molecular complexity index is 983. The number of amides is 1. The van der Waals surface area contributed by atoms with Crippen molar-refractivity contribution in [2.45, 2.75) is 31.2 Å². The summed E-state index contributed by atoms with van der Waals surface area (Å²) >= 11 is 6.19. The molecule has 0 radical (unpaired) electrons. The molecule has 2 N–H and O–H groups in total. The molecule has 2 aromatic rings. The van der Waals surface area contributed by atoms with Crippen LogP contribution in [0.3, 0.4) is 0 Å². The third kappa shape index (κ3) is 3.40. The van der Waals surface area contributed by atoms with Crippen LogP contribution in [0.15, 0.2) is 48.5 Å². The maximum absolute atomic E-state index is 13.7. The van der Waals surface area contributed by atoms with Crippen molar-refractivity contribution in [1.82, 2.24) is 15.1 Å². The highest BCUT2D eigenvalue weighted by Gasteiger charge is 2.59. The maximum atomic E-state index is 13.7. The second-order valence-corrected chi connectivity index (χ2v) is 9.09. The fraction of sp³-hybridized carbons (Fsp3) is 0.417. The molecule has 1 unspecified atom stereocenters. The fourth-order valence-corrected chi connectivity index (χ4v) is 5.11. The Labute approximate surface area is 182 Å². The van der Waals surface area contributed by atoms with E-state index in [2.05, 4.69) is 16.3 Å². The SMILES string of the molecule is N=C1NC(c2cccc(-c3cccc(Cl)c3)c2)(C2CC2)C(=O)N1CCN1CCCC1. The number of rotatable bonds is 6. The molecule has 2 saturated heterocycles. The number of benzene rings is 2. The Kier molecular flexibility index (Phi) is 5.03. The standard InChI is InChI=1S/C24H27ClN4O/c25-21-8-4-6-18(16-21)17-5-3-7-20(15-17)24(19-9-10-19)22(30)29(23(26)27-24)14-13-28-11-1-2-12-28/h3-8,15-16,19H,1-2,9-14H2,(H2,26,27). The van der Waals surface area contributed by atoms with E-state index >= 15 is 0 Å². The summed E-state index contributed by atoms with van der Waals surface area (Å²) in [5.74, 6) is 0.494. The van der Waals surface area contributed by atoms with Gasteiger partial charge in [0.2, 0.25) is 0 Å². The second kappa shape index (κ2) is 7.71. The first kappa shape index (κ1) is 19.6. The minimum atomic E-state index is -0.823. The molecular formula is C24H27ClN4O. The van der Waals surface area contributed by atoms with E-state index in [1.807, 2.05) is 42.5 Å². The molecule has 2 aromatic carbocycles. The average molecular weight is 423 g/mol. The molecule has 2 heterocycles. The van der Waals surface area contributed by atoms with Crippen LogP contribution in [0.1, 0.15) is 31.2 Å². The molecule has 3 fully saturated rings. The zero-order valence-electron chi connectivity index (χ0n) is 17.0. The van der Waals surface area contributed by atoms with Gasteiger partial charge < -0.3 is 10.2 Å². The van der Waals surface area contributed by atoms with Crippen molar-refractivity contribution in [3.63, 3.8) is 0 Å². The van der Waals surface area contributed by atoms with Crippen LogP contribution in [-0.4, -0.2) is 47.8 Å². The second-order valence-electron chi connectivity index (χ2n) is 8.65. The Morgan fingerprint density at radius 3 is 2.43 bits per heavy atom. The number of likely N-dealkylation sites (tertiary alicyclic amines) is 1. The minimum Gasteiger partial charge on any atom is -0.338 e. The number of carbonyl (C=O) groups excluding carboxylic acids is 1. The average Bonchev–Trinajstić information content (AvgIpc) is 3.41. The van der Waals surface area contributed by atoms with Gasteiger partial charge in [0, 0.05) is 18.1 Å². The van der Waals surface area contributed by atoms with Crippen LogP contribution in [0, 0.1) is 11.3 Å². The van der Waals surface area contributed by atoms with Crippen LogP contribution in [0.5, 0.6) is 0 Å². The van der Waals surface area contributed by atoms with Gasteiger partial charge in [-0.15, -0.1) is 0 Å². The highest BCUT2D eigenvalue weighted by atomic mass is 35.5. The molecule has 1 amide bonds. The van der Waals surface area contributed by atoms with Gasteiger partial charge in [-0.3, -0.25) is 15.1 Å². The van der Waals surface area contributed by atoms with Gasteiger partial charge in [0.15, 0.2) is 5.96 Å². The molecule has 0 bridgehead atoms. The van der Waals surface area contributed by atoms with E-state index in [4.69, 9.17) is 17.0 Å². The lowest BCUT2D eigenvalue weighted by molar-refractivity contribution is -0.132. The Balaban J connectivity index is 1.46. The number of halogens is 1. The topological polar surface area (TPSA) is 59.4 Å². The zero-order valence-corrected chi connectivity index (χ0v) is 17.8. The van der Waals surface area contributed by atoms with Crippen molar-refractivity contribution in [3.05, 3.63) is 59.1 Å². The van der Waals surface area contributed by atoms with Crippen molar-refractivity contribution in [1.29, 1.82) is 5.41 Å². The van der Waals surface area contributed by atoms with Gasteiger partial charge in [0.25, 0.3) is 5.91 Å². The van der Waals surface area contributed by atoms with Crippen LogP contribution in [0.4, 0.5) is 0 Å². The van der Waals surface area contributed by atoms with Gasteiger partial charge in [0.1, 0.15) is 5.54 Å². The molecule has 2 aliphatic heterocycles. The van der Waals surface area contributed by atoms with E-state index in [1.165, 1.54) is 12.8 Å². The largest absolute Gasteiger partial charge is 0.338 e. The summed E-state index contributed by atoms with van der Waals surface area (Å²) in [4.78, 5) is 17.8. The van der Waals surface area contributed by atoms with Crippen LogP contribution >= 0.6 is 11.6 Å². The van der Waals surface area contributed by atoms with Gasteiger partial charge >= 0.3 is 0 Å². The summed E-state index contributed by atoms with van der Waals surface area (Å²) < 4.78 is 0. The number of guanidine groups is 1. The summed E-state index contributed by atoms with van der Waals surface area (Å²) in [6.07, 6.45) is 4.47. The first-order chi connectivity index (χ1) is 14.6. The Hall–Kier alpha value is -2.37. The predicted octanol–water partition coefficient (Wildman–Crippen LogP) is 4.07. The summed E-state index contributed by atoms with van der Waals surface area (Å²) in [7, 11) is 0. The van der Waals surface area contributed by atoms with Crippen LogP contribution in [0.25, 0.3) is 11.1 Å². The summed E-state index contributed by atoms with van der Waals surface area (Å²) in [6, 6.07) is 15.9. The summed E-state index contributed by atoms with van der Waals surface area (Å²) in [5.41, 5.74) is 2.19. The molecule has 1 saturated carbocycles. The normalized spacial score (nSPS) is 24.5. The van der Waals surface area contributed by atoms with Gasteiger partial charge in [-0.05, 0) is 79.6 Å². The quantitative estimate of drug-likeness (QED) is 0.737. The van der Waals surface area contributed by atoms with Crippen molar-refractivity contribution < 1.29 is 4.79 Å². The third-order valence-electron chi connectivity index (χ3n) is 6.67. The molecule has 30 heavy (non-hydrogen) atoms. The number of hydrogen-bond donors (Lipinski definition) is 2. The Morgan fingerprint density at radius 2 is 1.73 bits per heavy atom. The minimum absolute atomic E-state index is 0.0254. The van der Waals surface area contributed by atoms with Gasteiger partial charge in [-0.2, -0.15) is 0 Å². The predicted molar refractivity (Wildman–Crippen MR) is 120 cm³/mol. The fourth-order valence-electron chi connectivity index (χ4n) is 4.92. The Morgan fingerprint density at radius 1 is 1.03 bits per heavy atom. The lowest BCUT2D eigenvalue weighted by Crippen LogP contribution is -2.46. The first-order valence-electron chi connectivity index (χ1n) is 10.9. The van der Waals surface area contributed by atoms with E-state index in [0.717, 1.165) is 49.2 Å². The summed E-state index contributed by atoms with van der Waals surface area (Å²) in [6.45, 7) is 3.60. The van der Waals surface area contributed by atoms with Crippen molar-refractivity contribution in [2.24, 2.45) is 5.92 Å². The molecule has 3 aliphatic rings. The highest BCUT2D eigenvalue weighted by Crippen LogP contribution is 2.49. The van der Waals surface area contributed by atoms with Gasteiger partial charge in [-0.25, -0.2) is 0 Å². The molecule has 1 atom stereocenters. The molecule has 6 heteroatoms. The van der Waals surface area contributed by atoms with Crippen LogP contribution in [0.2, 0.25) is 5.02 Å². The third-order valence-corrected chi connectivity index (χ3v) is 6.91. The molecule has 0 aromatic heterocycles. The van der Waals surface area contributed by atoms with E-state index in [9.17, 15) is 4.79 Å². The number of carbonyl (C=O) groups is 1.